The highest BCUT2D eigenvalue weighted by molar-refractivity contribution is 5.77. The normalized spacial score (nSPS) is 23.2. The zero-order valence-corrected chi connectivity index (χ0v) is 13.4. The zero-order chi connectivity index (χ0) is 16.1. The van der Waals surface area contributed by atoms with Crippen molar-refractivity contribution in [2.24, 2.45) is 0 Å². The fourth-order valence-electron chi connectivity index (χ4n) is 3.34. The molecule has 0 N–H and O–H groups in total. The van der Waals surface area contributed by atoms with Gasteiger partial charge in [-0.1, -0.05) is 0 Å². The van der Waals surface area contributed by atoms with Gasteiger partial charge < -0.3 is 9.64 Å². The van der Waals surface area contributed by atoms with Crippen LogP contribution in [0.25, 0.3) is 0 Å². The highest BCUT2D eigenvalue weighted by Crippen LogP contribution is 2.18. The number of hydrogen-bond donors (Lipinski definition) is 0. The van der Waals surface area contributed by atoms with Gasteiger partial charge >= 0.3 is 0 Å². The van der Waals surface area contributed by atoms with Crippen molar-refractivity contribution in [3.63, 3.8) is 0 Å². The highest BCUT2D eigenvalue weighted by atomic mass is 16.5. The minimum Gasteiger partial charge on any atom is -0.372 e. The van der Waals surface area contributed by atoms with Crippen LogP contribution in [0.2, 0.25) is 0 Å². The molecule has 3 rings (SSSR count). The maximum absolute atomic E-state index is 12.0. The Morgan fingerprint density at radius 2 is 2.13 bits per heavy atom. The van der Waals surface area contributed by atoms with E-state index in [1.54, 1.807) is 18.3 Å². The molecule has 7 heteroatoms. The number of carbonyl (C=O) groups is 1. The fraction of sp³-hybridized carbons (Fsp3) is 0.688. The SMILES string of the molecule is O=C1COCCCN1CCN1CCCC1Cn1ncccc1=O. The van der Waals surface area contributed by atoms with Crippen molar-refractivity contribution in [1.82, 2.24) is 19.6 Å². The second-order valence-corrected chi connectivity index (χ2v) is 6.16. The van der Waals surface area contributed by atoms with E-state index in [4.69, 9.17) is 4.74 Å². The first-order chi connectivity index (χ1) is 11.2. The van der Waals surface area contributed by atoms with Gasteiger partial charge in [0, 0.05) is 44.5 Å². The molecule has 1 unspecified atom stereocenters. The summed E-state index contributed by atoms with van der Waals surface area (Å²) in [5, 5.41) is 4.15. The number of rotatable bonds is 5. The molecular formula is C16H24N4O3. The second kappa shape index (κ2) is 7.70. The highest BCUT2D eigenvalue weighted by Gasteiger charge is 2.26. The van der Waals surface area contributed by atoms with E-state index in [1.165, 1.54) is 4.68 Å². The van der Waals surface area contributed by atoms with Crippen LogP contribution in [0, 0.1) is 0 Å². The lowest BCUT2D eigenvalue weighted by Gasteiger charge is -2.28. The van der Waals surface area contributed by atoms with E-state index >= 15 is 0 Å². The first-order valence-electron chi connectivity index (χ1n) is 8.36. The van der Waals surface area contributed by atoms with E-state index in [-0.39, 0.29) is 18.1 Å². The van der Waals surface area contributed by atoms with Crippen LogP contribution in [-0.2, 0) is 16.1 Å². The van der Waals surface area contributed by atoms with Crippen molar-refractivity contribution in [3.8, 4) is 0 Å². The van der Waals surface area contributed by atoms with E-state index in [0.717, 1.165) is 45.4 Å². The third-order valence-electron chi connectivity index (χ3n) is 4.62. The number of nitrogens with zero attached hydrogens (tertiary/aromatic N) is 4. The molecular weight excluding hydrogens is 296 g/mol. The van der Waals surface area contributed by atoms with Crippen molar-refractivity contribution in [2.45, 2.75) is 31.8 Å². The molecule has 1 aromatic rings. The molecule has 0 spiro atoms. The Balaban J connectivity index is 1.55. The van der Waals surface area contributed by atoms with Crippen LogP contribution < -0.4 is 5.56 Å². The van der Waals surface area contributed by atoms with Gasteiger partial charge in [-0.25, -0.2) is 4.68 Å². The molecule has 2 aliphatic heterocycles. The molecule has 0 bridgehead atoms. The molecule has 0 radical (unpaired) electrons. The summed E-state index contributed by atoms with van der Waals surface area (Å²) >= 11 is 0. The van der Waals surface area contributed by atoms with E-state index in [9.17, 15) is 9.59 Å². The summed E-state index contributed by atoms with van der Waals surface area (Å²) < 4.78 is 6.81. The molecule has 0 saturated carbocycles. The molecule has 1 amide bonds. The number of aromatic nitrogens is 2. The minimum atomic E-state index is -0.0563. The van der Waals surface area contributed by atoms with Crippen molar-refractivity contribution in [1.29, 1.82) is 0 Å². The Morgan fingerprint density at radius 3 is 3.00 bits per heavy atom. The Morgan fingerprint density at radius 1 is 1.22 bits per heavy atom. The van der Waals surface area contributed by atoms with Crippen molar-refractivity contribution in [2.75, 3.05) is 39.4 Å². The lowest BCUT2D eigenvalue weighted by molar-refractivity contribution is -0.134. The number of hydrogen-bond acceptors (Lipinski definition) is 5. The molecule has 2 aliphatic rings. The number of carbonyl (C=O) groups excluding carboxylic acids is 1. The van der Waals surface area contributed by atoms with Crippen molar-refractivity contribution in [3.05, 3.63) is 28.7 Å². The summed E-state index contributed by atoms with van der Waals surface area (Å²) in [7, 11) is 0. The molecule has 126 valence electrons. The maximum atomic E-state index is 12.0. The maximum Gasteiger partial charge on any atom is 0.266 e. The first kappa shape index (κ1) is 16.1. The summed E-state index contributed by atoms with van der Waals surface area (Å²) in [5.74, 6) is 0.0826. The third kappa shape index (κ3) is 4.17. The predicted octanol–water partition coefficient (Wildman–Crippen LogP) is -0.0434. The average Bonchev–Trinajstić information content (AvgIpc) is 2.88. The standard InChI is InChI=1S/C16H24N4O3/c21-15-5-1-6-17-20(15)12-14-4-2-7-18(14)9-10-19-8-3-11-23-13-16(19)22/h1,5-6,14H,2-4,7-13H2. The van der Waals surface area contributed by atoms with Crippen LogP contribution in [0.15, 0.2) is 23.1 Å². The molecule has 0 aliphatic carbocycles. The topological polar surface area (TPSA) is 67.7 Å². The lowest BCUT2D eigenvalue weighted by Crippen LogP contribution is -2.43. The zero-order valence-electron chi connectivity index (χ0n) is 13.4. The fourth-order valence-corrected chi connectivity index (χ4v) is 3.34. The third-order valence-corrected chi connectivity index (χ3v) is 4.62. The molecule has 1 atom stereocenters. The Labute approximate surface area is 135 Å². The second-order valence-electron chi connectivity index (χ2n) is 6.16. The molecule has 23 heavy (non-hydrogen) atoms. The van der Waals surface area contributed by atoms with Gasteiger partial charge in [0.05, 0.1) is 6.54 Å². The number of likely N-dealkylation sites (tertiary alicyclic amines) is 1. The first-order valence-corrected chi connectivity index (χ1v) is 8.36. The van der Waals surface area contributed by atoms with Crippen LogP contribution in [0.4, 0.5) is 0 Å². The quantitative estimate of drug-likeness (QED) is 0.761. The van der Waals surface area contributed by atoms with Gasteiger partial charge in [-0.05, 0) is 31.9 Å². The van der Waals surface area contributed by atoms with E-state index in [2.05, 4.69) is 10.00 Å². The molecule has 2 fully saturated rings. The van der Waals surface area contributed by atoms with Crippen LogP contribution in [0.3, 0.4) is 0 Å². The van der Waals surface area contributed by atoms with Gasteiger partial charge in [-0.15, -0.1) is 0 Å². The summed E-state index contributed by atoms with van der Waals surface area (Å²) in [5.41, 5.74) is -0.0563. The van der Waals surface area contributed by atoms with Crippen LogP contribution in [0.5, 0.6) is 0 Å². The summed E-state index contributed by atoms with van der Waals surface area (Å²) in [4.78, 5) is 28.1. The average molecular weight is 320 g/mol. The van der Waals surface area contributed by atoms with Crippen molar-refractivity contribution < 1.29 is 9.53 Å². The minimum absolute atomic E-state index is 0.0563. The van der Waals surface area contributed by atoms with E-state index < -0.39 is 0 Å². The summed E-state index contributed by atoms with van der Waals surface area (Å²) in [6, 6.07) is 3.53. The predicted molar refractivity (Wildman–Crippen MR) is 85.1 cm³/mol. The van der Waals surface area contributed by atoms with Gasteiger partial charge in [0.25, 0.3) is 5.56 Å². The van der Waals surface area contributed by atoms with Crippen LogP contribution in [0.1, 0.15) is 19.3 Å². The Hall–Kier alpha value is -1.73. The Bertz CT molecular complexity index is 589. The van der Waals surface area contributed by atoms with Gasteiger partial charge in [0.15, 0.2) is 0 Å². The lowest BCUT2D eigenvalue weighted by atomic mass is 10.2. The molecule has 0 aromatic carbocycles. The van der Waals surface area contributed by atoms with Crippen molar-refractivity contribution >= 4 is 5.91 Å². The Kier molecular flexibility index (Phi) is 5.40. The monoisotopic (exact) mass is 320 g/mol. The summed E-state index contributed by atoms with van der Waals surface area (Å²) in [6.45, 7) is 4.86. The van der Waals surface area contributed by atoms with Crippen LogP contribution >= 0.6 is 0 Å². The largest absolute Gasteiger partial charge is 0.372 e. The van der Waals surface area contributed by atoms with Crippen LogP contribution in [-0.4, -0.2) is 70.9 Å². The van der Waals surface area contributed by atoms with Gasteiger partial charge in [-0.3, -0.25) is 14.5 Å². The van der Waals surface area contributed by atoms with E-state index in [1.807, 2.05) is 4.90 Å². The van der Waals surface area contributed by atoms with E-state index in [0.29, 0.717) is 19.2 Å². The summed E-state index contributed by atoms with van der Waals surface area (Å²) in [6.07, 6.45) is 4.75. The van der Waals surface area contributed by atoms with Gasteiger partial charge in [-0.2, -0.15) is 5.10 Å². The molecule has 7 nitrogen and oxygen atoms in total. The van der Waals surface area contributed by atoms with Gasteiger partial charge in [0.2, 0.25) is 5.91 Å². The van der Waals surface area contributed by atoms with Gasteiger partial charge in [0.1, 0.15) is 6.61 Å². The molecule has 3 heterocycles. The molecule has 1 aromatic heterocycles. The smallest absolute Gasteiger partial charge is 0.266 e. The number of ether oxygens (including phenoxy) is 1. The number of amides is 1. The molecule has 2 saturated heterocycles.